The fourth-order valence-corrected chi connectivity index (χ4v) is 4.05. The number of nitrogens with two attached hydrogens (primary N) is 1. The van der Waals surface area contributed by atoms with Gasteiger partial charge >= 0.3 is 0 Å². The number of nitrogens with one attached hydrogen (secondary N) is 1. The van der Waals surface area contributed by atoms with Gasteiger partial charge in [-0.3, -0.25) is 4.79 Å². The number of carbonyl (C=O) groups is 1. The van der Waals surface area contributed by atoms with Crippen LogP contribution in [0.15, 0.2) is 24.3 Å². The Morgan fingerprint density at radius 3 is 2.36 bits per heavy atom. The third-order valence-corrected chi connectivity index (χ3v) is 4.98. The van der Waals surface area contributed by atoms with Crippen LogP contribution in [0, 0.1) is 17.7 Å². The van der Waals surface area contributed by atoms with E-state index in [1.54, 1.807) is 12.1 Å². The maximum Gasteiger partial charge on any atom is 0.224 e. The lowest BCUT2D eigenvalue weighted by Gasteiger charge is -2.45. The molecule has 122 valence electrons. The summed E-state index contributed by atoms with van der Waals surface area (Å²) < 4.78 is 12.9. The van der Waals surface area contributed by atoms with Gasteiger partial charge in [-0.15, -0.1) is 12.4 Å². The highest BCUT2D eigenvalue weighted by Gasteiger charge is 2.39. The number of amides is 1. The number of hydrogen-bond donors (Lipinski definition) is 2. The maximum absolute atomic E-state index is 12.9. The first-order chi connectivity index (χ1) is 10.1. The average molecular weight is 327 g/mol. The number of fused-ring (bicyclic) bond motifs is 2. The smallest absolute Gasteiger partial charge is 0.224 e. The molecule has 2 unspecified atom stereocenters. The van der Waals surface area contributed by atoms with E-state index < -0.39 is 0 Å². The van der Waals surface area contributed by atoms with Gasteiger partial charge in [-0.25, -0.2) is 4.39 Å². The molecule has 1 amide bonds. The van der Waals surface area contributed by atoms with E-state index in [0.29, 0.717) is 24.3 Å². The molecule has 2 aliphatic rings. The summed E-state index contributed by atoms with van der Waals surface area (Å²) in [5, 5.41) is 3.22. The molecule has 2 saturated carbocycles. The van der Waals surface area contributed by atoms with Crippen molar-refractivity contribution >= 4 is 18.3 Å². The van der Waals surface area contributed by atoms with Crippen molar-refractivity contribution in [2.75, 3.05) is 0 Å². The molecule has 3 N–H and O–H groups in total. The van der Waals surface area contributed by atoms with E-state index in [4.69, 9.17) is 5.73 Å². The van der Waals surface area contributed by atoms with Crippen LogP contribution in [0.1, 0.15) is 37.7 Å². The fourth-order valence-electron chi connectivity index (χ4n) is 4.05. The van der Waals surface area contributed by atoms with Gasteiger partial charge < -0.3 is 11.1 Å². The van der Waals surface area contributed by atoms with Crippen molar-refractivity contribution in [3.8, 4) is 0 Å². The van der Waals surface area contributed by atoms with Gasteiger partial charge in [0.05, 0.1) is 6.42 Å². The molecule has 0 spiro atoms. The quantitative estimate of drug-likeness (QED) is 0.897. The first kappa shape index (κ1) is 17.2. The monoisotopic (exact) mass is 326 g/mol. The number of benzene rings is 1. The van der Waals surface area contributed by atoms with Gasteiger partial charge in [0.15, 0.2) is 0 Å². The molecule has 3 nitrogen and oxygen atoms in total. The number of halogens is 2. The molecular weight excluding hydrogens is 303 g/mol. The molecule has 2 bridgehead atoms. The first-order valence-corrected chi connectivity index (χ1v) is 7.91. The molecule has 0 radical (unpaired) electrons. The minimum atomic E-state index is -0.269. The zero-order chi connectivity index (χ0) is 14.8. The molecule has 1 aromatic rings. The summed E-state index contributed by atoms with van der Waals surface area (Å²) in [6, 6.07) is 6.73. The first-order valence-electron chi connectivity index (χ1n) is 7.91. The van der Waals surface area contributed by atoms with E-state index in [-0.39, 0.29) is 30.2 Å². The number of carbonyl (C=O) groups excluding carboxylic acids is 1. The van der Waals surface area contributed by atoms with E-state index in [0.717, 1.165) is 18.4 Å². The topological polar surface area (TPSA) is 55.1 Å². The van der Waals surface area contributed by atoms with Crippen LogP contribution in [0.2, 0.25) is 0 Å². The van der Waals surface area contributed by atoms with Crippen molar-refractivity contribution < 1.29 is 9.18 Å². The van der Waals surface area contributed by atoms with Crippen LogP contribution >= 0.6 is 12.4 Å². The predicted octanol–water partition coefficient (Wildman–Crippen LogP) is 2.81. The van der Waals surface area contributed by atoms with Crippen LogP contribution in [0.3, 0.4) is 0 Å². The van der Waals surface area contributed by atoms with Crippen molar-refractivity contribution in [1.29, 1.82) is 0 Å². The summed E-state index contributed by atoms with van der Waals surface area (Å²) in [7, 11) is 0. The van der Waals surface area contributed by atoms with Crippen LogP contribution in [0.4, 0.5) is 4.39 Å². The van der Waals surface area contributed by atoms with E-state index in [2.05, 4.69) is 5.32 Å². The van der Waals surface area contributed by atoms with E-state index >= 15 is 0 Å². The van der Waals surface area contributed by atoms with Crippen LogP contribution in [0.5, 0.6) is 0 Å². The highest BCUT2D eigenvalue weighted by atomic mass is 35.5. The number of rotatable bonds is 3. The Balaban J connectivity index is 0.00000176. The SMILES string of the molecule is Cl.NC1CC2CCCC(C1)C2NC(=O)Cc1ccc(F)cc1. The van der Waals surface area contributed by atoms with Gasteiger partial charge in [0.1, 0.15) is 5.82 Å². The van der Waals surface area contributed by atoms with Gasteiger partial charge in [0.25, 0.3) is 0 Å². The summed E-state index contributed by atoms with van der Waals surface area (Å²) in [5.41, 5.74) is 6.96. The zero-order valence-corrected chi connectivity index (χ0v) is 13.4. The Hall–Kier alpha value is -1.13. The van der Waals surface area contributed by atoms with Crippen LogP contribution in [-0.2, 0) is 11.2 Å². The average Bonchev–Trinajstić information content (AvgIpc) is 2.42. The Labute approximate surface area is 137 Å². The fraction of sp³-hybridized carbons (Fsp3) is 0.588. The lowest BCUT2D eigenvalue weighted by atomic mass is 9.67. The zero-order valence-electron chi connectivity index (χ0n) is 12.6. The minimum absolute atomic E-state index is 0. The Kier molecular flexibility index (Phi) is 5.81. The Morgan fingerprint density at radius 2 is 1.77 bits per heavy atom. The molecule has 3 rings (SSSR count). The van der Waals surface area contributed by atoms with Crippen LogP contribution in [-0.4, -0.2) is 18.0 Å². The molecule has 1 aromatic carbocycles. The molecule has 5 heteroatoms. The highest BCUT2D eigenvalue weighted by molar-refractivity contribution is 5.85. The summed E-state index contributed by atoms with van der Waals surface area (Å²) >= 11 is 0. The molecule has 2 aliphatic carbocycles. The molecular formula is C17H24ClFN2O. The molecule has 0 heterocycles. The molecule has 2 fully saturated rings. The van der Waals surface area contributed by atoms with E-state index in [9.17, 15) is 9.18 Å². The van der Waals surface area contributed by atoms with Crippen molar-refractivity contribution in [3.63, 3.8) is 0 Å². The Morgan fingerprint density at radius 1 is 1.18 bits per heavy atom. The third kappa shape index (κ3) is 3.99. The van der Waals surface area contributed by atoms with Crippen LogP contribution < -0.4 is 11.1 Å². The lowest BCUT2D eigenvalue weighted by molar-refractivity contribution is -0.122. The number of hydrogen-bond acceptors (Lipinski definition) is 2. The minimum Gasteiger partial charge on any atom is -0.353 e. The van der Waals surface area contributed by atoms with Gasteiger partial charge in [-0.2, -0.15) is 0 Å². The largest absolute Gasteiger partial charge is 0.353 e. The molecule has 2 atom stereocenters. The Bertz CT molecular complexity index is 494. The van der Waals surface area contributed by atoms with Gasteiger partial charge in [-0.1, -0.05) is 18.6 Å². The maximum atomic E-state index is 12.9. The van der Waals surface area contributed by atoms with Crippen molar-refractivity contribution in [2.45, 2.75) is 50.6 Å². The molecule has 0 aliphatic heterocycles. The van der Waals surface area contributed by atoms with E-state index in [1.807, 2.05) is 0 Å². The van der Waals surface area contributed by atoms with Gasteiger partial charge in [-0.05, 0) is 55.2 Å². The summed E-state index contributed by atoms with van der Waals surface area (Å²) in [6.45, 7) is 0. The second-order valence-electron chi connectivity index (χ2n) is 6.58. The summed E-state index contributed by atoms with van der Waals surface area (Å²) in [4.78, 5) is 12.2. The van der Waals surface area contributed by atoms with Crippen molar-refractivity contribution in [1.82, 2.24) is 5.32 Å². The molecule has 0 aromatic heterocycles. The third-order valence-electron chi connectivity index (χ3n) is 4.98. The molecule has 22 heavy (non-hydrogen) atoms. The normalized spacial score (nSPS) is 30.3. The summed E-state index contributed by atoms with van der Waals surface area (Å²) in [6.07, 6.45) is 5.97. The highest BCUT2D eigenvalue weighted by Crippen LogP contribution is 2.39. The van der Waals surface area contributed by atoms with Crippen molar-refractivity contribution in [3.05, 3.63) is 35.6 Å². The van der Waals surface area contributed by atoms with Gasteiger partial charge in [0, 0.05) is 12.1 Å². The second-order valence-corrected chi connectivity index (χ2v) is 6.58. The summed E-state index contributed by atoms with van der Waals surface area (Å²) in [5.74, 6) is 0.836. The van der Waals surface area contributed by atoms with Crippen molar-refractivity contribution in [2.24, 2.45) is 17.6 Å². The second kappa shape index (κ2) is 7.42. The molecule has 0 saturated heterocycles. The van der Waals surface area contributed by atoms with Crippen LogP contribution in [0.25, 0.3) is 0 Å². The lowest BCUT2D eigenvalue weighted by Crippen LogP contribution is -2.54. The predicted molar refractivity (Wildman–Crippen MR) is 87.3 cm³/mol. The van der Waals surface area contributed by atoms with E-state index in [1.165, 1.54) is 31.4 Å². The standard InChI is InChI=1S/C17H23FN2O.ClH/c18-14-6-4-11(5-7-14)8-16(21)20-17-12-2-1-3-13(17)10-15(19)9-12;/h4-7,12-13,15,17H,1-3,8-10,19H2,(H,20,21);1H. The van der Waals surface area contributed by atoms with Gasteiger partial charge in [0.2, 0.25) is 5.91 Å².